The number of hydrogen-bond acceptors (Lipinski definition) is 6. The van der Waals surface area contributed by atoms with Crippen LogP contribution in [0.1, 0.15) is 16.2 Å². The van der Waals surface area contributed by atoms with Crippen LogP contribution in [0.15, 0.2) is 0 Å². The van der Waals surface area contributed by atoms with Crippen LogP contribution in [0, 0.1) is 0 Å². The highest BCUT2D eigenvalue weighted by molar-refractivity contribution is 5.88. The molecule has 0 unspecified atom stereocenters. The van der Waals surface area contributed by atoms with Crippen molar-refractivity contribution in [2.24, 2.45) is 0 Å². The van der Waals surface area contributed by atoms with E-state index in [0.29, 0.717) is 31.9 Å². The maximum atomic E-state index is 11.5. The van der Waals surface area contributed by atoms with Crippen molar-refractivity contribution in [3.05, 3.63) is 11.4 Å². The molecule has 96 valence electrons. The summed E-state index contributed by atoms with van der Waals surface area (Å²) in [6, 6.07) is 0. The van der Waals surface area contributed by atoms with Crippen molar-refractivity contribution in [2.75, 3.05) is 34.5 Å². The Balaban J connectivity index is 2.88. The summed E-state index contributed by atoms with van der Waals surface area (Å²) in [6.07, 6.45) is 0.553. The smallest absolute Gasteiger partial charge is 0.360 e. The van der Waals surface area contributed by atoms with Gasteiger partial charge in [-0.3, -0.25) is 0 Å². The van der Waals surface area contributed by atoms with Crippen molar-refractivity contribution in [2.45, 2.75) is 13.0 Å². The van der Waals surface area contributed by atoms with Crippen molar-refractivity contribution in [3.63, 3.8) is 0 Å². The van der Waals surface area contributed by atoms with Gasteiger partial charge >= 0.3 is 5.97 Å². The molecule has 1 aromatic heterocycles. The minimum Gasteiger partial charge on any atom is -0.464 e. The van der Waals surface area contributed by atoms with E-state index in [9.17, 15) is 4.79 Å². The number of ether oxygens (including phenoxy) is 3. The predicted octanol–water partition coefficient (Wildman–Crippen LogP) is -0.100. The van der Waals surface area contributed by atoms with Crippen LogP contribution in [0.25, 0.3) is 0 Å². The maximum absolute atomic E-state index is 11.5. The predicted molar refractivity (Wildman–Crippen MR) is 58.8 cm³/mol. The Hall–Kier alpha value is -1.47. The third kappa shape index (κ3) is 3.50. The maximum Gasteiger partial charge on any atom is 0.360 e. The molecule has 0 N–H and O–H groups in total. The van der Waals surface area contributed by atoms with Gasteiger partial charge in [0, 0.05) is 20.6 Å². The number of carbonyl (C=O) groups is 1. The van der Waals surface area contributed by atoms with Crippen molar-refractivity contribution >= 4 is 5.97 Å². The SMILES string of the molecule is COCCc1c(C(=O)OC)nnn1CCOC. The molecule has 0 aliphatic rings. The summed E-state index contributed by atoms with van der Waals surface area (Å²) in [4.78, 5) is 11.5. The van der Waals surface area contributed by atoms with Crippen LogP contribution in [-0.2, 0) is 27.2 Å². The Morgan fingerprint density at radius 3 is 2.53 bits per heavy atom. The molecule has 0 saturated heterocycles. The lowest BCUT2D eigenvalue weighted by molar-refractivity contribution is 0.0592. The van der Waals surface area contributed by atoms with Crippen LogP contribution in [0.2, 0.25) is 0 Å². The third-order valence-corrected chi connectivity index (χ3v) is 2.27. The number of rotatable bonds is 7. The summed E-state index contributed by atoms with van der Waals surface area (Å²) >= 11 is 0. The van der Waals surface area contributed by atoms with Crippen LogP contribution in [-0.4, -0.2) is 55.5 Å². The molecule has 0 amide bonds. The van der Waals surface area contributed by atoms with Gasteiger partial charge in [-0.2, -0.15) is 0 Å². The zero-order valence-corrected chi connectivity index (χ0v) is 10.3. The second-order valence-electron chi connectivity index (χ2n) is 3.34. The van der Waals surface area contributed by atoms with Gasteiger partial charge in [0.2, 0.25) is 0 Å². The summed E-state index contributed by atoms with van der Waals surface area (Å²) in [6.45, 7) is 1.54. The van der Waals surface area contributed by atoms with Crippen molar-refractivity contribution < 1.29 is 19.0 Å². The van der Waals surface area contributed by atoms with E-state index in [0.717, 1.165) is 0 Å². The second-order valence-corrected chi connectivity index (χ2v) is 3.34. The molecule has 0 spiro atoms. The van der Waals surface area contributed by atoms with Gasteiger partial charge in [-0.05, 0) is 0 Å². The highest BCUT2D eigenvalue weighted by Crippen LogP contribution is 2.08. The number of methoxy groups -OCH3 is 3. The first-order valence-corrected chi connectivity index (χ1v) is 5.23. The van der Waals surface area contributed by atoms with Gasteiger partial charge in [-0.25, -0.2) is 9.48 Å². The fraction of sp³-hybridized carbons (Fsp3) is 0.700. The molecular formula is C10H17N3O4. The van der Waals surface area contributed by atoms with E-state index in [2.05, 4.69) is 15.0 Å². The van der Waals surface area contributed by atoms with Gasteiger partial charge in [-0.15, -0.1) is 5.10 Å². The Morgan fingerprint density at radius 2 is 1.94 bits per heavy atom. The molecule has 0 aliphatic heterocycles. The van der Waals surface area contributed by atoms with E-state index in [1.54, 1.807) is 18.9 Å². The van der Waals surface area contributed by atoms with Gasteiger partial charge in [0.1, 0.15) is 0 Å². The highest BCUT2D eigenvalue weighted by atomic mass is 16.5. The summed E-state index contributed by atoms with van der Waals surface area (Å²) in [5.74, 6) is -0.486. The number of nitrogens with zero attached hydrogens (tertiary/aromatic N) is 3. The molecule has 0 aliphatic carbocycles. The summed E-state index contributed by atoms with van der Waals surface area (Å²) < 4.78 is 16.2. The molecule has 17 heavy (non-hydrogen) atoms. The third-order valence-electron chi connectivity index (χ3n) is 2.27. The molecular weight excluding hydrogens is 226 g/mol. The molecule has 0 saturated carbocycles. The number of carbonyl (C=O) groups excluding carboxylic acids is 1. The monoisotopic (exact) mass is 243 g/mol. The molecule has 0 atom stereocenters. The fourth-order valence-electron chi connectivity index (χ4n) is 1.39. The Labute approximate surface area is 99.6 Å². The van der Waals surface area contributed by atoms with Crippen LogP contribution in [0.3, 0.4) is 0 Å². The summed E-state index contributed by atoms with van der Waals surface area (Å²) in [5, 5.41) is 7.73. The zero-order chi connectivity index (χ0) is 12.7. The first-order chi connectivity index (χ1) is 8.24. The van der Waals surface area contributed by atoms with Gasteiger partial charge in [0.05, 0.1) is 32.6 Å². The van der Waals surface area contributed by atoms with Crippen molar-refractivity contribution in [1.29, 1.82) is 0 Å². The Morgan fingerprint density at radius 1 is 1.24 bits per heavy atom. The van der Waals surface area contributed by atoms with E-state index < -0.39 is 5.97 Å². The Bertz CT molecular complexity index is 364. The van der Waals surface area contributed by atoms with E-state index in [1.807, 2.05) is 0 Å². The quantitative estimate of drug-likeness (QED) is 0.622. The number of hydrogen-bond donors (Lipinski definition) is 0. The molecule has 7 heteroatoms. The summed E-state index contributed by atoms with van der Waals surface area (Å²) in [7, 11) is 4.52. The van der Waals surface area contributed by atoms with E-state index >= 15 is 0 Å². The molecule has 7 nitrogen and oxygen atoms in total. The molecule has 1 aromatic rings. The van der Waals surface area contributed by atoms with Crippen molar-refractivity contribution in [3.8, 4) is 0 Å². The van der Waals surface area contributed by atoms with Crippen LogP contribution in [0.5, 0.6) is 0 Å². The lowest BCUT2D eigenvalue weighted by Gasteiger charge is -2.06. The van der Waals surface area contributed by atoms with Crippen LogP contribution < -0.4 is 0 Å². The molecule has 0 radical (unpaired) electrons. The Kier molecular flexibility index (Phi) is 5.58. The highest BCUT2D eigenvalue weighted by Gasteiger charge is 2.19. The molecule has 0 bridgehead atoms. The topological polar surface area (TPSA) is 75.5 Å². The van der Waals surface area contributed by atoms with Gasteiger partial charge in [0.15, 0.2) is 5.69 Å². The average molecular weight is 243 g/mol. The standard InChI is InChI=1S/C10H17N3O4/c1-15-6-4-8-9(10(14)17-3)11-12-13(8)5-7-16-2/h4-7H2,1-3H3. The van der Waals surface area contributed by atoms with E-state index in [1.165, 1.54) is 7.11 Å². The van der Waals surface area contributed by atoms with E-state index in [-0.39, 0.29) is 5.69 Å². The second kappa shape index (κ2) is 6.97. The fourth-order valence-corrected chi connectivity index (χ4v) is 1.39. The molecule has 0 fully saturated rings. The van der Waals surface area contributed by atoms with Crippen LogP contribution >= 0.6 is 0 Å². The lowest BCUT2D eigenvalue weighted by atomic mass is 10.2. The van der Waals surface area contributed by atoms with Gasteiger partial charge in [0.25, 0.3) is 0 Å². The molecule has 1 heterocycles. The summed E-state index contributed by atoms with van der Waals surface area (Å²) in [5.41, 5.74) is 0.941. The first kappa shape index (κ1) is 13.6. The lowest BCUT2D eigenvalue weighted by Crippen LogP contribution is -2.14. The minimum atomic E-state index is -0.486. The van der Waals surface area contributed by atoms with Crippen LogP contribution in [0.4, 0.5) is 0 Å². The van der Waals surface area contributed by atoms with Gasteiger partial charge in [-0.1, -0.05) is 5.21 Å². The number of esters is 1. The molecule has 1 rings (SSSR count). The number of aromatic nitrogens is 3. The average Bonchev–Trinajstić information content (AvgIpc) is 2.75. The zero-order valence-electron chi connectivity index (χ0n) is 10.3. The normalized spacial score (nSPS) is 10.5. The van der Waals surface area contributed by atoms with E-state index in [4.69, 9.17) is 9.47 Å². The van der Waals surface area contributed by atoms with Gasteiger partial charge < -0.3 is 14.2 Å². The largest absolute Gasteiger partial charge is 0.464 e. The minimum absolute atomic E-state index is 0.237. The first-order valence-electron chi connectivity index (χ1n) is 5.23. The van der Waals surface area contributed by atoms with Crippen molar-refractivity contribution in [1.82, 2.24) is 15.0 Å². The molecule has 0 aromatic carbocycles.